The molecule has 8 heteroatoms. The molecule has 33 heavy (non-hydrogen) atoms. The number of nitrogens with zero attached hydrogens (tertiary/aromatic N) is 3. The van der Waals surface area contributed by atoms with Crippen molar-refractivity contribution in [1.29, 1.82) is 0 Å². The Morgan fingerprint density at radius 1 is 0.727 bits per heavy atom. The number of pyridine rings is 1. The molecule has 0 spiro atoms. The first-order valence-corrected chi connectivity index (χ1v) is 10.1. The van der Waals surface area contributed by atoms with Gasteiger partial charge in [-0.3, -0.25) is 0 Å². The van der Waals surface area contributed by atoms with Crippen LogP contribution in [0.2, 0.25) is 0 Å². The zero-order valence-electron chi connectivity index (χ0n) is 17.3. The number of aromatic nitrogens is 3. The van der Waals surface area contributed by atoms with E-state index >= 15 is 0 Å². The molecule has 0 aliphatic rings. The van der Waals surface area contributed by atoms with Crippen LogP contribution in [0.25, 0.3) is 33.4 Å². The molecule has 2 heterocycles. The first-order valence-electron chi connectivity index (χ1n) is 10.1. The molecule has 0 amide bonds. The van der Waals surface area contributed by atoms with Crippen LogP contribution in [0.15, 0.2) is 78.9 Å². The molecule has 3 aromatic carbocycles. The average molecular weight is 440 g/mol. The Labute approximate surface area is 188 Å². The monoisotopic (exact) mass is 440 g/mol. The lowest BCUT2D eigenvalue weighted by Gasteiger charge is -2.11. The van der Waals surface area contributed by atoms with Gasteiger partial charge in [-0.05, 0) is 60.7 Å². The number of anilines is 4. The summed E-state index contributed by atoms with van der Waals surface area (Å²) in [6, 6.07) is 21.3. The summed E-state index contributed by atoms with van der Waals surface area (Å²) in [5.41, 5.74) is 16.2. The fourth-order valence-electron chi connectivity index (χ4n) is 3.58. The zero-order chi connectivity index (χ0) is 22.9. The number of hydrogen-bond donors (Lipinski definition) is 3. The van der Waals surface area contributed by atoms with Crippen LogP contribution in [-0.2, 0) is 0 Å². The van der Waals surface area contributed by atoms with Gasteiger partial charge < -0.3 is 16.8 Å². The van der Waals surface area contributed by atoms with Crippen LogP contribution < -0.4 is 16.8 Å². The van der Waals surface area contributed by atoms with Gasteiger partial charge in [-0.1, -0.05) is 12.1 Å². The summed E-state index contributed by atoms with van der Waals surface area (Å²) in [5.74, 6) is -0.284. The number of nitrogens with one attached hydrogen (secondary N) is 1. The van der Waals surface area contributed by atoms with E-state index in [9.17, 15) is 8.78 Å². The van der Waals surface area contributed by atoms with E-state index < -0.39 is 5.82 Å². The third-order valence-corrected chi connectivity index (χ3v) is 5.15. The van der Waals surface area contributed by atoms with Crippen molar-refractivity contribution in [3.05, 3.63) is 90.5 Å². The Hall–Kier alpha value is -4.59. The van der Waals surface area contributed by atoms with Crippen LogP contribution in [0, 0.1) is 11.6 Å². The Morgan fingerprint density at radius 3 is 2.30 bits per heavy atom. The standard InChI is InChI=1S/C25H18F2N6/c26-15-7-5-14(6-8-15)22-12-20(28)18-11-16(9-10-21(18)31-22)30-24-13-23(32-25(29)33-24)17-3-1-2-4-19(17)27/h1-13H,(H2,28,31)(H3,29,30,32,33). The molecule has 2 aromatic heterocycles. The third kappa shape index (κ3) is 4.14. The first kappa shape index (κ1) is 20.3. The minimum Gasteiger partial charge on any atom is -0.398 e. The van der Waals surface area contributed by atoms with E-state index in [2.05, 4.69) is 20.3 Å². The van der Waals surface area contributed by atoms with Gasteiger partial charge in [0.15, 0.2) is 0 Å². The van der Waals surface area contributed by atoms with Crippen LogP contribution in [0.4, 0.5) is 31.9 Å². The number of fused-ring (bicyclic) bond motifs is 1. The zero-order valence-corrected chi connectivity index (χ0v) is 17.3. The average Bonchev–Trinajstić information content (AvgIpc) is 2.80. The molecule has 0 aliphatic heterocycles. The molecule has 0 bridgehead atoms. The molecule has 162 valence electrons. The number of benzene rings is 3. The van der Waals surface area contributed by atoms with Crippen LogP contribution in [0.3, 0.4) is 0 Å². The molecule has 0 atom stereocenters. The lowest BCUT2D eigenvalue weighted by molar-refractivity contribution is 0.628. The molecular weight excluding hydrogens is 422 g/mol. The van der Waals surface area contributed by atoms with Gasteiger partial charge in [-0.25, -0.2) is 18.7 Å². The second kappa shape index (κ2) is 8.16. The molecule has 0 fully saturated rings. The lowest BCUT2D eigenvalue weighted by Crippen LogP contribution is -2.02. The third-order valence-electron chi connectivity index (χ3n) is 5.15. The van der Waals surface area contributed by atoms with Gasteiger partial charge in [0.2, 0.25) is 5.95 Å². The van der Waals surface area contributed by atoms with Crippen LogP contribution in [0.5, 0.6) is 0 Å². The minimum absolute atomic E-state index is 0.0177. The van der Waals surface area contributed by atoms with Crippen molar-refractivity contribution >= 4 is 34.0 Å². The van der Waals surface area contributed by atoms with Crippen molar-refractivity contribution < 1.29 is 8.78 Å². The molecule has 0 saturated carbocycles. The number of nitrogen functional groups attached to an aromatic ring is 2. The molecule has 5 N–H and O–H groups in total. The molecule has 0 unspecified atom stereocenters. The highest BCUT2D eigenvalue weighted by Gasteiger charge is 2.11. The maximum atomic E-state index is 14.2. The minimum atomic E-state index is -0.400. The quantitative estimate of drug-likeness (QED) is 0.339. The van der Waals surface area contributed by atoms with E-state index in [1.165, 1.54) is 18.2 Å². The Morgan fingerprint density at radius 2 is 1.52 bits per heavy atom. The van der Waals surface area contributed by atoms with Crippen molar-refractivity contribution in [3.63, 3.8) is 0 Å². The summed E-state index contributed by atoms with van der Waals surface area (Å²) in [7, 11) is 0. The van der Waals surface area contributed by atoms with Crippen molar-refractivity contribution in [2.45, 2.75) is 0 Å². The van der Waals surface area contributed by atoms with Gasteiger partial charge in [0.1, 0.15) is 17.5 Å². The van der Waals surface area contributed by atoms with Crippen LogP contribution >= 0.6 is 0 Å². The topological polar surface area (TPSA) is 103 Å². The molecular formula is C25H18F2N6. The van der Waals surface area contributed by atoms with E-state index in [0.29, 0.717) is 39.7 Å². The van der Waals surface area contributed by atoms with Gasteiger partial charge in [0, 0.05) is 34.0 Å². The SMILES string of the molecule is Nc1nc(Nc2ccc3nc(-c4ccc(F)cc4)cc(N)c3c2)cc(-c2ccccc2F)n1. The number of halogens is 2. The normalized spacial score (nSPS) is 11.0. The Kier molecular flexibility index (Phi) is 5.02. The molecule has 0 aliphatic carbocycles. The van der Waals surface area contributed by atoms with Gasteiger partial charge in [0.25, 0.3) is 0 Å². The maximum absolute atomic E-state index is 14.2. The Balaban J connectivity index is 1.49. The molecule has 0 radical (unpaired) electrons. The predicted octanol–water partition coefficient (Wildman–Crippen LogP) is 5.55. The van der Waals surface area contributed by atoms with E-state index in [0.717, 1.165) is 10.9 Å². The summed E-state index contributed by atoms with van der Waals surface area (Å²) in [6.07, 6.45) is 0. The predicted molar refractivity (Wildman–Crippen MR) is 127 cm³/mol. The maximum Gasteiger partial charge on any atom is 0.222 e. The van der Waals surface area contributed by atoms with E-state index in [-0.39, 0.29) is 11.8 Å². The van der Waals surface area contributed by atoms with Gasteiger partial charge in [0.05, 0.1) is 16.9 Å². The van der Waals surface area contributed by atoms with Crippen molar-refractivity contribution in [1.82, 2.24) is 15.0 Å². The number of rotatable bonds is 4. The summed E-state index contributed by atoms with van der Waals surface area (Å²) >= 11 is 0. The molecule has 6 nitrogen and oxygen atoms in total. The summed E-state index contributed by atoms with van der Waals surface area (Å²) < 4.78 is 27.4. The van der Waals surface area contributed by atoms with Crippen molar-refractivity contribution in [2.75, 3.05) is 16.8 Å². The van der Waals surface area contributed by atoms with E-state index in [4.69, 9.17) is 11.5 Å². The second-order valence-electron chi connectivity index (χ2n) is 7.44. The second-order valence-corrected chi connectivity index (χ2v) is 7.44. The van der Waals surface area contributed by atoms with Gasteiger partial charge in [-0.2, -0.15) is 4.98 Å². The van der Waals surface area contributed by atoms with Crippen LogP contribution in [0.1, 0.15) is 0 Å². The fourth-order valence-corrected chi connectivity index (χ4v) is 3.58. The fraction of sp³-hybridized carbons (Fsp3) is 0. The summed E-state index contributed by atoms with van der Waals surface area (Å²) in [6.45, 7) is 0. The van der Waals surface area contributed by atoms with E-state index in [1.807, 2.05) is 18.2 Å². The van der Waals surface area contributed by atoms with E-state index in [1.54, 1.807) is 42.5 Å². The highest BCUT2D eigenvalue weighted by atomic mass is 19.1. The highest BCUT2D eigenvalue weighted by molar-refractivity contribution is 5.95. The van der Waals surface area contributed by atoms with Crippen LogP contribution in [-0.4, -0.2) is 15.0 Å². The van der Waals surface area contributed by atoms with Crippen molar-refractivity contribution in [3.8, 4) is 22.5 Å². The van der Waals surface area contributed by atoms with Gasteiger partial charge >= 0.3 is 0 Å². The largest absolute Gasteiger partial charge is 0.398 e. The number of nitrogens with two attached hydrogens (primary N) is 2. The smallest absolute Gasteiger partial charge is 0.222 e. The van der Waals surface area contributed by atoms with Crippen molar-refractivity contribution in [2.24, 2.45) is 0 Å². The summed E-state index contributed by atoms with van der Waals surface area (Å²) in [5, 5.41) is 3.91. The first-order chi connectivity index (χ1) is 16.0. The molecule has 5 aromatic rings. The summed E-state index contributed by atoms with van der Waals surface area (Å²) in [4.78, 5) is 13.0. The molecule has 0 saturated heterocycles. The Bertz CT molecular complexity index is 1490. The lowest BCUT2D eigenvalue weighted by atomic mass is 10.1. The number of hydrogen-bond acceptors (Lipinski definition) is 6. The van der Waals surface area contributed by atoms with Gasteiger partial charge in [-0.15, -0.1) is 0 Å². The highest BCUT2D eigenvalue weighted by Crippen LogP contribution is 2.30. The molecule has 5 rings (SSSR count).